The Morgan fingerprint density at radius 1 is 0.952 bits per heavy atom. The highest BCUT2D eigenvalue weighted by Gasteiger charge is 2.07. The summed E-state index contributed by atoms with van der Waals surface area (Å²) in [5, 5.41) is 3.32. The number of hydrogen-bond acceptors (Lipinski definition) is 2. The maximum atomic E-state index is 13.1. The maximum Gasteiger partial charge on any atom is 0.126 e. The van der Waals surface area contributed by atoms with Gasteiger partial charge in [0.1, 0.15) is 11.6 Å². The summed E-state index contributed by atoms with van der Waals surface area (Å²) in [4.78, 5) is 2.21. The first-order valence-corrected chi connectivity index (χ1v) is 7.83. The van der Waals surface area contributed by atoms with Gasteiger partial charge in [-0.3, -0.25) is 0 Å². The van der Waals surface area contributed by atoms with Crippen LogP contribution in [0, 0.1) is 11.6 Å². The molecule has 0 bridgehead atoms. The molecule has 1 aromatic carbocycles. The monoisotopic (exact) mass is 298 g/mol. The van der Waals surface area contributed by atoms with E-state index < -0.39 is 11.6 Å². The van der Waals surface area contributed by atoms with E-state index in [0.29, 0.717) is 5.56 Å². The number of rotatable bonds is 10. The molecule has 0 aromatic heterocycles. The summed E-state index contributed by atoms with van der Waals surface area (Å²) in [6.07, 6.45) is 6.06. The molecule has 1 N–H and O–H groups in total. The standard InChI is InChI=1S/C17H28F2N2/c1-14(15-11-16(18)13-17(19)12-15)20-9-7-5-4-6-8-10-21(2)3/h11-14,20H,4-10H2,1-3H3/t14-/m0/s1. The van der Waals surface area contributed by atoms with Gasteiger partial charge in [0.2, 0.25) is 0 Å². The third kappa shape index (κ3) is 8.12. The van der Waals surface area contributed by atoms with E-state index in [1.165, 1.54) is 37.8 Å². The minimum atomic E-state index is -0.514. The summed E-state index contributed by atoms with van der Waals surface area (Å²) in [7, 11) is 4.20. The molecule has 0 radical (unpaired) electrons. The normalized spacial score (nSPS) is 12.9. The van der Waals surface area contributed by atoms with Gasteiger partial charge in [0.25, 0.3) is 0 Å². The molecule has 2 nitrogen and oxygen atoms in total. The van der Waals surface area contributed by atoms with Crippen LogP contribution in [0.25, 0.3) is 0 Å². The fourth-order valence-electron chi connectivity index (χ4n) is 2.34. The summed E-state index contributed by atoms with van der Waals surface area (Å²) in [6, 6.07) is 3.66. The van der Waals surface area contributed by atoms with Crippen molar-refractivity contribution in [2.45, 2.75) is 45.1 Å². The smallest absolute Gasteiger partial charge is 0.126 e. The number of nitrogens with zero attached hydrogens (tertiary/aromatic N) is 1. The van der Waals surface area contributed by atoms with Crippen LogP contribution in [0.4, 0.5) is 8.78 Å². The lowest BCUT2D eigenvalue weighted by atomic mass is 10.1. The Labute approximate surface area is 127 Å². The van der Waals surface area contributed by atoms with E-state index in [-0.39, 0.29) is 6.04 Å². The second kappa shape index (κ2) is 9.85. The van der Waals surface area contributed by atoms with Gasteiger partial charge in [-0.15, -0.1) is 0 Å². The van der Waals surface area contributed by atoms with Crippen molar-refractivity contribution >= 4 is 0 Å². The Balaban J connectivity index is 2.12. The fourth-order valence-corrected chi connectivity index (χ4v) is 2.34. The predicted molar refractivity (Wildman–Crippen MR) is 84.4 cm³/mol. The van der Waals surface area contributed by atoms with Gasteiger partial charge in [-0.1, -0.05) is 19.3 Å². The van der Waals surface area contributed by atoms with Crippen LogP contribution in [0.15, 0.2) is 18.2 Å². The Bertz CT molecular complexity index is 388. The van der Waals surface area contributed by atoms with Crippen molar-refractivity contribution in [1.29, 1.82) is 0 Å². The molecule has 120 valence electrons. The number of benzene rings is 1. The minimum absolute atomic E-state index is 0.0241. The highest BCUT2D eigenvalue weighted by molar-refractivity contribution is 5.20. The second-order valence-corrected chi connectivity index (χ2v) is 5.95. The molecule has 0 saturated carbocycles. The molecule has 0 amide bonds. The van der Waals surface area contributed by atoms with Crippen molar-refractivity contribution in [1.82, 2.24) is 10.2 Å². The Morgan fingerprint density at radius 3 is 2.14 bits per heavy atom. The molecule has 0 fully saturated rings. The van der Waals surface area contributed by atoms with E-state index in [2.05, 4.69) is 24.3 Å². The topological polar surface area (TPSA) is 15.3 Å². The van der Waals surface area contributed by atoms with Crippen LogP contribution in [-0.2, 0) is 0 Å². The van der Waals surface area contributed by atoms with E-state index in [0.717, 1.165) is 25.6 Å². The third-order valence-corrected chi connectivity index (χ3v) is 3.62. The number of halogens is 2. The molecule has 0 aliphatic heterocycles. The summed E-state index contributed by atoms with van der Waals surface area (Å²) in [6.45, 7) is 3.97. The van der Waals surface area contributed by atoms with Gasteiger partial charge >= 0.3 is 0 Å². The molecule has 0 unspecified atom stereocenters. The zero-order valence-corrected chi connectivity index (χ0v) is 13.5. The van der Waals surface area contributed by atoms with Gasteiger partial charge in [-0.25, -0.2) is 8.78 Å². The van der Waals surface area contributed by atoms with E-state index in [9.17, 15) is 8.78 Å². The first kappa shape index (κ1) is 18.1. The average Bonchev–Trinajstić information content (AvgIpc) is 2.40. The quantitative estimate of drug-likeness (QED) is 0.653. The molecule has 1 aromatic rings. The molecule has 0 saturated heterocycles. The first-order valence-electron chi connectivity index (χ1n) is 7.83. The zero-order valence-electron chi connectivity index (χ0n) is 13.5. The lowest BCUT2D eigenvalue weighted by molar-refractivity contribution is 0.389. The zero-order chi connectivity index (χ0) is 15.7. The number of hydrogen-bond donors (Lipinski definition) is 1. The molecule has 0 aliphatic rings. The maximum absolute atomic E-state index is 13.1. The molecular weight excluding hydrogens is 270 g/mol. The van der Waals surface area contributed by atoms with Crippen molar-refractivity contribution in [2.75, 3.05) is 27.2 Å². The van der Waals surface area contributed by atoms with Crippen molar-refractivity contribution in [3.05, 3.63) is 35.4 Å². The van der Waals surface area contributed by atoms with Crippen LogP contribution in [0.5, 0.6) is 0 Å². The van der Waals surface area contributed by atoms with E-state index in [1.54, 1.807) is 0 Å². The molecular formula is C17H28F2N2. The highest BCUT2D eigenvalue weighted by Crippen LogP contribution is 2.16. The van der Waals surface area contributed by atoms with Crippen LogP contribution in [-0.4, -0.2) is 32.1 Å². The van der Waals surface area contributed by atoms with Crippen LogP contribution >= 0.6 is 0 Å². The van der Waals surface area contributed by atoms with Gasteiger partial charge in [-0.05, 0) is 64.6 Å². The first-order chi connectivity index (χ1) is 9.99. The number of nitrogens with one attached hydrogen (secondary N) is 1. The lowest BCUT2D eigenvalue weighted by Gasteiger charge is -2.14. The second-order valence-electron chi connectivity index (χ2n) is 5.95. The lowest BCUT2D eigenvalue weighted by Crippen LogP contribution is -2.20. The summed E-state index contributed by atoms with van der Waals surface area (Å²) < 4.78 is 26.3. The van der Waals surface area contributed by atoms with Crippen molar-refractivity contribution < 1.29 is 8.78 Å². The molecule has 0 heterocycles. The predicted octanol–water partition coefficient (Wildman–Crippen LogP) is 4.13. The van der Waals surface area contributed by atoms with Crippen LogP contribution in [0.2, 0.25) is 0 Å². The summed E-state index contributed by atoms with van der Waals surface area (Å²) >= 11 is 0. The van der Waals surface area contributed by atoms with Gasteiger partial charge in [0.05, 0.1) is 0 Å². The Morgan fingerprint density at radius 2 is 1.52 bits per heavy atom. The van der Waals surface area contributed by atoms with E-state index in [1.807, 2.05) is 6.92 Å². The van der Waals surface area contributed by atoms with E-state index >= 15 is 0 Å². The summed E-state index contributed by atoms with van der Waals surface area (Å²) in [5.41, 5.74) is 0.665. The molecule has 21 heavy (non-hydrogen) atoms. The van der Waals surface area contributed by atoms with Crippen LogP contribution in [0.1, 0.15) is 50.6 Å². The average molecular weight is 298 g/mol. The van der Waals surface area contributed by atoms with Crippen molar-refractivity contribution in [3.8, 4) is 0 Å². The van der Waals surface area contributed by atoms with Crippen LogP contribution < -0.4 is 5.32 Å². The van der Waals surface area contributed by atoms with Crippen molar-refractivity contribution in [2.24, 2.45) is 0 Å². The third-order valence-electron chi connectivity index (χ3n) is 3.62. The van der Waals surface area contributed by atoms with Gasteiger partial charge < -0.3 is 10.2 Å². The fraction of sp³-hybridized carbons (Fsp3) is 0.647. The molecule has 1 atom stereocenters. The van der Waals surface area contributed by atoms with Gasteiger partial charge in [-0.2, -0.15) is 0 Å². The van der Waals surface area contributed by atoms with Gasteiger partial charge in [0.15, 0.2) is 0 Å². The number of unbranched alkanes of at least 4 members (excludes halogenated alkanes) is 4. The molecule has 4 heteroatoms. The Hall–Kier alpha value is -1.00. The highest BCUT2D eigenvalue weighted by atomic mass is 19.1. The molecule has 0 aliphatic carbocycles. The summed E-state index contributed by atoms with van der Waals surface area (Å²) in [5.74, 6) is -1.03. The van der Waals surface area contributed by atoms with Crippen molar-refractivity contribution in [3.63, 3.8) is 0 Å². The Kier molecular flexibility index (Phi) is 8.47. The SMILES string of the molecule is C[C@H](NCCCCCCCN(C)C)c1cc(F)cc(F)c1. The van der Waals surface area contributed by atoms with E-state index in [4.69, 9.17) is 0 Å². The van der Waals surface area contributed by atoms with Gasteiger partial charge in [0, 0.05) is 12.1 Å². The molecule has 0 spiro atoms. The minimum Gasteiger partial charge on any atom is -0.310 e. The molecule has 1 rings (SSSR count). The largest absolute Gasteiger partial charge is 0.310 e. The van der Waals surface area contributed by atoms with Crippen LogP contribution in [0.3, 0.4) is 0 Å².